The Labute approximate surface area is 115 Å². The van der Waals surface area contributed by atoms with Crippen molar-refractivity contribution >= 4 is 5.97 Å². The summed E-state index contributed by atoms with van der Waals surface area (Å²) < 4.78 is 0. The lowest BCUT2D eigenvalue weighted by molar-refractivity contribution is -0.138. The predicted octanol–water partition coefficient (Wildman–Crippen LogP) is 3.02. The molecule has 1 aliphatic rings. The second-order valence-electron chi connectivity index (χ2n) is 5.54. The van der Waals surface area contributed by atoms with Crippen LogP contribution in [-0.2, 0) is 4.79 Å². The highest BCUT2D eigenvalue weighted by Gasteiger charge is 2.24. The number of hydrogen-bond acceptors (Lipinski definition) is 2. The molecule has 0 heterocycles. The fraction of sp³-hybridized carbons (Fsp3) is 0.562. The van der Waals surface area contributed by atoms with Crippen molar-refractivity contribution in [3.63, 3.8) is 0 Å². The summed E-state index contributed by atoms with van der Waals surface area (Å²) in [4.78, 5) is 11.4. The second kappa shape index (κ2) is 6.71. The van der Waals surface area contributed by atoms with Crippen LogP contribution in [-0.4, -0.2) is 23.7 Å². The molecule has 1 aliphatic carbocycles. The summed E-state index contributed by atoms with van der Waals surface area (Å²) in [7, 11) is 0. The number of aliphatic carboxylic acids is 1. The molecule has 104 valence electrons. The molecule has 0 radical (unpaired) electrons. The predicted molar refractivity (Wildman–Crippen MR) is 76.2 cm³/mol. The fourth-order valence-corrected chi connectivity index (χ4v) is 2.96. The van der Waals surface area contributed by atoms with Crippen LogP contribution in [0.15, 0.2) is 30.3 Å². The van der Waals surface area contributed by atoms with Crippen LogP contribution in [0.25, 0.3) is 0 Å². The van der Waals surface area contributed by atoms with Crippen molar-refractivity contribution < 1.29 is 9.90 Å². The lowest BCUT2D eigenvalue weighted by Gasteiger charge is -2.23. The molecular formula is C16H23NO2. The van der Waals surface area contributed by atoms with Gasteiger partial charge in [-0.25, -0.2) is 0 Å². The molecule has 0 amide bonds. The number of carboxylic acids is 1. The molecule has 0 aromatic heterocycles. The van der Waals surface area contributed by atoms with Crippen LogP contribution in [0.5, 0.6) is 0 Å². The van der Waals surface area contributed by atoms with Crippen molar-refractivity contribution in [1.29, 1.82) is 0 Å². The van der Waals surface area contributed by atoms with E-state index in [1.807, 2.05) is 30.3 Å². The SMILES string of the molecule is C[C@H](NCC(C(=O)O)c1ccccc1)C1CCCC1. The van der Waals surface area contributed by atoms with Gasteiger partial charge >= 0.3 is 5.97 Å². The summed E-state index contributed by atoms with van der Waals surface area (Å²) in [6, 6.07) is 9.89. The quantitative estimate of drug-likeness (QED) is 0.827. The molecule has 0 saturated heterocycles. The maximum atomic E-state index is 11.4. The number of rotatable bonds is 6. The average Bonchev–Trinajstić information content (AvgIpc) is 2.93. The Morgan fingerprint density at radius 3 is 2.53 bits per heavy atom. The Kier molecular flexibility index (Phi) is 4.97. The maximum absolute atomic E-state index is 11.4. The van der Waals surface area contributed by atoms with Crippen LogP contribution in [0.4, 0.5) is 0 Å². The van der Waals surface area contributed by atoms with Crippen LogP contribution in [0, 0.1) is 5.92 Å². The molecule has 0 bridgehead atoms. The third-order valence-corrected chi connectivity index (χ3v) is 4.25. The van der Waals surface area contributed by atoms with Crippen molar-refractivity contribution in [2.24, 2.45) is 5.92 Å². The van der Waals surface area contributed by atoms with Gasteiger partial charge in [0.1, 0.15) is 0 Å². The minimum atomic E-state index is -0.752. The summed E-state index contributed by atoms with van der Waals surface area (Å²) in [5, 5.41) is 12.8. The lowest BCUT2D eigenvalue weighted by Crippen LogP contribution is -2.37. The van der Waals surface area contributed by atoms with E-state index in [1.165, 1.54) is 25.7 Å². The van der Waals surface area contributed by atoms with E-state index in [1.54, 1.807) is 0 Å². The van der Waals surface area contributed by atoms with Gasteiger partial charge in [-0.05, 0) is 31.2 Å². The van der Waals surface area contributed by atoms with E-state index in [-0.39, 0.29) is 0 Å². The Morgan fingerprint density at radius 2 is 1.95 bits per heavy atom. The van der Waals surface area contributed by atoms with E-state index in [0.717, 1.165) is 5.56 Å². The molecular weight excluding hydrogens is 238 g/mol. The topological polar surface area (TPSA) is 49.3 Å². The molecule has 1 unspecified atom stereocenters. The molecule has 0 aliphatic heterocycles. The Hall–Kier alpha value is -1.35. The number of carboxylic acid groups (broad SMARTS) is 1. The molecule has 2 rings (SSSR count). The fourth-order valence-electron chi connectivity index (χ4n) is 2.96. The smallest absolute Gasteiger partial charge is 0.312 e. The van der Waals surface area contributed by atoms with Crippen molar-refractivity contribution in [2.75, 3.05) is 6.54 Å². The van der Waals surface area contributed by atoms with Gasteiger partial charge in [0.25, 0.3) is 0 Å². The molecule has 1 fully saturated rings. The standard InChI is InChI=1S/C16H23NO2/c1-12(13-7-5-6-8-13)17-11-15(16(18)19)14-9-3-2-4-10-14/h2-4,9-10,12-13,15,17H,5-8,11H2,1H3,(H,18,19)/t12-,15?/m0/s1. The third kappa shape index (κ3) is 3.80. The summed E-state index contributed by atoms with van der Waals surface area (Å²) in [5.74, 6) is -0.493. The normalized spacial score (nSPS) is 19.2. The molecule has 2 atom stereocenters. The largest absolute Gasteiger partial charge is 0.481 e. The lowest BCUT2D eigenvalue weighted by atomic mass is 9.96. The van der Waals surface area contributed by atoms with Crippen LogP contribution in [0.1, 0.15) is 44.1 Å². The third-order valence-electron chi connectivity index (χ3n) is 4.25. The number of carbonyl (C=O) groups is 1. The Bertz CT molecular complexity index is 398. The van der Waals surface area contributed by atoms with Crippen molar-refractivity contribution in [3.8, 4) is 0 Å². The zero-order valence-electron chi connectivity index (χ0n) is 11.5. The van der Waals surface area contributed by atoms with E-state index in [9.17, 15) is 9.90 Å². The monoisotopic (exact) mass is 261 g/mol. The van der Waals surface area contributed by atoms with Gasteiger partial charge in [-0.3, -0.25) is 4.79 Å². The summed E-state index contributed by atoms with van der Waals surface area (Å²) >= 11 is 0. The summed E-state index contributed by atoms with van der Waals surface area (Å²) in [6.07, 6.45) is 5.18. The van der Waals surface area contributed by atoms with Gasteiger partial charge in [0.15, 0.2) is 0 Å². The van der Waals surface area contributed by atoms with Gasteiger partial charge in [-0.2, -0.15) is 0 Å². The first-order valence-electron chi connectivity index (χ1n) is 7.19. The van der Waals surface area contributed by atoms with Crippen LogP contribution in [0.3, 0.4) is 0 Å². The summed E-state index contributed by atoms with van der Waals surface area (Å²) in [5.41, 5.74) is 0.876. The van der Waals surface area contributed by atoms with E-state index in [4.69, 9.17) is 0 Å². The highest BCUT2D eigenvalue weighted by molar-refractivity contribution is 5.76. The molecule has 1 aromatic carbocycles. The van der Waals surface area contributed by atoms with E-state index < -0.39 is 11.9 Å². The number of hydrogen-bond donors (Lipinski definition) is 2. The molecule has 1 saturated carbocycles. The Morgan fingerprint density at radius 1 is 1.32 bits per heavy atom. The maximum Gasteiger partial charge on any atom is 0.312 e. The molecule has 0 spiro atoms. The van der Waals surface area contributed by atoms with Gasteiger partial charge in [0.2, 0.25) is 0 Å². The highest BCUT2D eigenvalue weighted by atomic mass is 16.4. The van der Waals surface area contributed by atoms with E-state index in [0.29, 0.717) is 18.5 Å². The average molecular weight is 261 g/mol. The van der Waals surface area contributed by atoms with Crippen LogP contribution in [0.2, 0.25) is 0 Å². The minimum Gasteiger partial charge on any atom is -0.481 e. The highest BCUT2D eigenvalue weighted by Crippen LogP contribution is 2.27. The molecule has 3 heteroatoms. The first-order valence-corrected chi connectivity index (χ1v) is 7.19. The van der Waals surface area contributed by atoms with Gasteiger partial charge in [0.05, 0.1) is 5.92 Å². The van der Waals surface area contributed by atoms with Crippen molar-refractivity contribution in [2.45, 2.75) is 44.6 Å². The first kappa shape index (κ1) is 14.1. The van der Waals surface area contributed by atoms with Crippen LogP contribution < -0.4 is 5.32 Å². The van der Waals surface area contributed by atoms with E-state index >= 15 is 0 Å². The minimum absolute atomic E-state index is 0.410. The molecule has 1 aromatic rings. The van der Waals surface area contributed by atoms with Crippen molar-refractivity contribution in [1.82, 2.24) is 5.32 Å². The van der Waals surface area contributed by atoms with Gasteiger partial charge in [-0.15, -0.1) is 0 Å². The zero-order valence-corrected chi connectivity index (χ0v) is 11.5. The van der Waals surface area contributed by atoms with Gasteiger partial charge in [-0.1, -0.05) is 43.2 Å². The summed E-state index contributed by atoms with van der Waals surface area (Å²) in [6.45, 7) is 2.69. The Balaban J connectivity index is 1.92. The second-order valence-corrected chi connectivity index (χ2v) is 5.54. The van der Waals surface area contributed by atoms with Crippen LogP contribution >= 0.6 is 0 Å². The van der Waals surface area contributed by atoms with Gasteiger partial charge < -0.3 is 10.4 Å². The zero-order chi connectivity index (χ0) is 13.7. The van der Waals surface area contributed by atoms with Gasteiger partial charge in [0, 0.05) is 12.6 Å². The molecule has 3 nitrogen and oxygen atoms in total. The molecule has 19 heavy (non-hydrogen) atoms. The van der Waals surface area contributed by atoms with Crippen molar-refractivity contribution in [3.05, 3.63) is 35.9 Å². The van der Waals surface area contributed by atoms with E-state index in [2.05, 4.69) is 12.2 Å². The first-order chi connectivity index (χ1) is 9.18. The number of nitrogens with one attached hydrogen (secondary N) is 1. The molecule has 2 N–H and O–H groups in total. The number of benzene rings is 1.